The van der Waals surface area contributed by atoms with Crippen molar-refractivity contribution in [2.75, 3.05) is 30.5 Å². The second kappa shape index (κ2) is 8.37. The van der Waals surface area contributed by atoms with Crippen LogP contribution in [0.15, 0.2) is 60.7 Å². The number of nitrogens with one attached hydrogen (secondary N) is 1. The van der Waals surface area contributed by atoms with Crippen molar-refractivity contribution in [1.82, 2.24) is 5.01 Å². The van der Waals surface area contributed by atoms with E-state index in [9.17, 15) is 18.0 Å². The van der Waals surface area contributed by atoms with Crippen LogP contribution in [0.5, 0.6) is 5.75 Å². The molecule has 5 nitrogen and oxygen atoms in total. The van der Waals surface area contributed by atoms with Gasteiger partial charge in [-0.2, -0.15) is 0 Å². The van der Waals surface area contributed by atoms with Crippen LogP contribution >= 0.6 is 0 Å². The molecule has 4 rings (SSSR count). The highest BCUT2D eigenvalue weighted by atomic mass is 19.4. The Labute approximate surface area is 178 Å². The summed E-state index contributed by atoms with van der Waals surface area (Å²) < 4.78 is 42.3. The van der Waals surface area contributed by atoms with Gasteiger partial charge in [0.2, 0.25) is 5.91 Å². The Kier molecular flexibility index (Phi) is 5.63. The van der Waals surface area contributed by atoms with Gasteiger partial charge in [0.25, 0.3) is 0 Å². The number of hydrogen-bond acceptors (Lipinski definition) is 4. The van der Waals surface area contributed by atoms with Crippen molar-refractivity contribution in [2.45, 2.75) is 19.2 Å². The lowest BCUT2D eigenvalue weighted by molar-refractivity contribution is -0.274. The van der Waals surface area contributed by atoms with Crippen LogP contribution in [0.4, 0.5) is 24.5 Å². The van der Waals surface area contributed by atoms with Crippen molar-refractivity contribution in [3.8, 4) is 5.75 Å². The first-order chi connectivity index (χ1) is 14.9. The van der Waals surface area contributed by atoms with E-state index in [1.165, 1.54) is 18.2 Å². The molecule has 1 fully saturated rings. The van der Waals surface area contributed by atoms with E-state index in [0.29, 0.717) is 13.1 Å². The monoisotopic (exact) mass is 429 g/mol. The summed E-state index contributed by atoms with van der Waals surface area (Å²) in [5.41, 5.74) is 2.07. The molecule has 0 atom stereocenters. The first kappa shape index (κ1) is 20.8. The van der Waals surface area contributed by atoms with Gasteiger partial charge in [0, 0.05) is 42.2 Å². The van der Waals surface area contributed by atoms with Crippen molar-refractivity contribution in [1.29, 1.82) is 0 Å². The summed E-state index contributed by atoms with van der Waals surface area (Å²) in [6, 6.07) is 17.6. The van der Waals surface area contributed by atoms with Crippen molar-refractivity contribution < 1.29 is 22.7 Å². The largest absolute Gasteiger partial charge is 0.573 e. The van der Waals surface area contributed by atoms with Crippen LogP contribution in [-0.2, 0) is 11.2 Å². The van der Waals surface area contributed by atoms with Gasteiger partial charge in [-0.3, -0.25) is 14.8 Å². The molecule has 0 aliphatic carbocycles. The fourth-order valence-corrected chi connectivity index (χ4v) is 3.98. The highest BCUT2D eigenvalue weighted by Gasteiger charge is 2.33. The van der Waals surface area contributed by atoms with E-state index in [4.69, 9.17) is 0 Å². The summed E-state index contributed by atoms with van der Waals surface area (Å²) in [6.45, 7) is 1.15. The van der Waals surface area contributed by atoms with Crippen LogP contribution < -0.4 is 15.1 Å². The number of alkyl halides is 3. The van der Waals surface area contributed by atoms with Crippen LogP contribution in [-0.4, -0.2) is 37.4 Å². The predicted molar refractivity (Wildman–Crippen MR) is 114 cm³/mol. The number of halogens is 3. The Morgan fingerprint density at radius 1 is 1.00 bits per heavy atom. The Balaban J connectivity index is 1.62. The van der Waals surface area contributed by atoms with Crippen LogP contribution in [0, 0.1) is 0 Å². The molecule has 3 aromatic carbocycles. The lowest BCUT2D eigenvalue weighted by Crippen LogP contribution is -2.42. The van der Waals surface area contributed by atoms with Crippen molar-refractivity contribution in [3.05, 3.63) is 66.2 Å². The molecule has 0 radical (unpaired) electrons. The van der Waals surface area contributed by atoms with Gasteiger partial charge in [-0.1, -0.05) is 42.5 Å². The minimum atomic E-state index is -4.81. The zero-order valence-electron chi connectivity index (χ0n) is 16.9. The smallest absolute Gasteiger partial charge is 0.405 e. The molecule has 0 spiro atoms. The molecule has 0 saturated carbocycles. The molecule has 0 aromatic heterocycles. The number of ether oxygens (including phenoxy) is 1. The SMILES string of the molecule is CNc1ccc(N2CCCN2C(=O)Cc2ccccc2OC(F)(F)F)c2ccccc12. The molecule has 0 bridgehead atoms. The number of carbonyl (C=O) groups is 1. The summed E-state index contributed by atoms with van der Waals surface area (Å²) in [7, 11) is 1.85. The van der Waals surface area contributed by atoms with Crippen molar-refractivity contribution in [2.24, 2.45) is 0 Å². The standard InChI is InChI=1S/C23H22F3N3O2/c1-27-19-11-12-20(18-9-4-3-8-17(18)19)28-13-6-14-29(28)22(30)15-16-7-2-5-10-21(16)31-23(24,25)26/h2-5,7-12,27H,6,13-15H2,1H3. The minimum absolute atomic E-state index is 0.185. The van der Waals surface area contributed by atoms with Crippen LogP contribution in [0.1, 0.15) is 12.0 Å². The summed E-state index contributed by atoms with van der Waals surface area (Å²) in [6.07, 6.45) is -4.23. The predicted octanol–water partition coefficient (Wildman–Crippen LogP) is 4.98. The molecule has 1 N–H and O–H groups in total. The van der Waals surface area contributed by atoms with E-state index < -0.39 is 6.36 Å². The van der Waals surface area contributed by atoms with Crippen molar-refractivity contribution in [3.63, 3.8) is 0 Å². The topological polar surface area (TPSA) is 44.8 Å². The Bertz CT molecular complexity index is 1100. The van der Waals surface area contributed by atoms with Gasteiger partial charge < -0.3 is 10.1 Å². The molecule has 8 heteroatoms. The van der Waals surface area contributed by atoms with E-state index in [0.717, 1.165) is 28.6 Å². The lowest BCUT2D eigenvalue weighted by atomic mass is 10.1. The number of amides is 1. The average molecular weight is 429 g/mol. The van der Waals surface area contributed by atoms with E-state index in [2.05, 4.69) is 10.1 Å². The molecule has 1 aliphatic heterocycles. The molecular formula is C23H22F3N3O2. The fraction of sp³-hybridized carbons (Fsp3) is 0.261. The number of hydrogen-bond donors (Lipinski definition) is 1. The van der Waals surface area contributed by atoms with Crippen LogP contribution in [0.25, 0.3) is 10.8 Å². The van der Waals surface area contributed by atoms with E-state index >= 15 is 0 Å². The molecule has 1 saturated heterocycles. The number of carbonyl (C=O) groups excluding carboxylic acids is 1. The summed E-state index contributed by atoms with van der Waals surface area (Å²) >= 11 is 0. The number of rotatable bonds is 5. The highest BCUT2D eigenvalue weighted by molar-refractivity contribution is 6.02. The Hall–Kier alpha value is -3.42. The van der Waals surface area contributed by atoms with Gasteiger partial charge >= 0.3 is 6.36 Å². The minimum Gasteiger partial charge on any atom is -0.405 e. The summed E-state index contributed by atoms with van der Waals surface area (Å²) in [5, 5.41) is 8.73. The number of benzene rings is 3. The van der Waals surface area contributed by atoms with Crippen molar-refractivity contribution >= 4 is 28.1 Å². The average Bonchev–Trinajstić information content (AvgIpc) is 3.23. The zero-order valence-corrected chi connectivity index (χ0v) is 16.9. The number of fused-ring (bicyclic) bond motifs is 1. The van der Waals surface area contributed by atoms with E-state index in [1.807, 2.05) is 48.5 Å². The number of anilines is 2. The maximum absolute atomic E-state index is 13.1. The van der Waals surface area contributed by atoms with E-state index in [-0.39, 0.29) is 23.6 Å². The van der Waals surface area contributed by atoms with Gasteiger partial charge in [-0.25, -0.2) is 0 Å². The van der Waals surface area contributed by atoms with Gasteiger partial charge in [-0.15, -0.1) is 13.2 Å². The molecule has 1 aliphatic rings. The summed E-state index contributed by atoms with van der Waals surface area (Å²) in [5.74, 6) is -0.629. The quantitative estimate of drug-likeness (QED) is 0.622. The first-order valence-corrected chi connectivity index (χ1v) is 9.98. The molecule has 31 heavy (non-hydrogen) atoms. The second-order valence-corrected chi connectivity index (χ2v) is 7.25. The third kappa shape index (κ3) is 4.38. The highest BCUT2D eigenvalue weighted by Crippen LogP contribution is 2.35. The van der Waals surface area contributed by atoms with Gasteiger partial charge in [0.05, 0.1) is 12.1 Å². The maximum atomic E-state index is 13.1. The molecular weight excluding hydrogens is 407 g/mol. The number of para-hydroxylation sites is 1. The van der Waals surface area contributed by atoms with Gasteiger partial charge in [0.15, 0.2) is 0 Å². The Morgan fingerprint density at radius 3 is 2.45 bits per heavy atom. The third-order valence-electron chi connectivity index (χ3n) is 5.31. The molecule has 3 aromatic rings. The van der Waals surface area contributed by atoms with Crippen LogP contribution in [0.2, 0.25) is 0 Å². The normalized spacial score (nSPS) is 14.2. The molecule has 0 unspecified atom stereocenters. The first-order valence-electron chi connectivity index (χ1n) is 9.98. The molecule has 162 valence electrons. The fourth-order valence-electron chi connectivity index (χ4n) is 3.98. The van der Waals surface area contributed by atoms with Gasteiger partial charge in [0.1, 0.15) is 5.75 Å². The zero-order chi connectivity index (χ0) is 22.0. The van der Waals surface area contributed by atoms with Crippen LogP contribution in [0.3, 0.4) is 0 Å². The molecule has 1 amide bonds. The Morgan fingerprint density at radius 2 is 1.71 bits per heavy atom. The lowest BCUT2D eigenvalue weighted by Gasteiger charge is -2.31. The van der Waals surface area contributed by atoms with E-state index in [1.54, 1.807) is 11.1 Å². The second-order valence-electron chi connectivity index (χ2n) is 7.25. The number of hydrazine groups is 1. The third-order valence-corrected chi connectivity index (χ3v) is 5.31. The summed E-state index contributed by atoms with van der Waals surface area (Å²) in [4.78, 5) is 13.1. The number of nitrogens with zero attached hydrogens (tertiary/aromatic N) is 2. The van der Waals surface area contributed by atoms with Gasteiger partial charge in [-0.05, 0) is 24.6 Å². The maximum Gasteiger partial charge on any atom is 0.573 e. The molecule has 1 heterocycles.